The highest BCUT2D eigenvalue weighted by Gasteiger charge is 2.13. The van der Waals surface area contributed by atoms with Gasteiger partial charge >= 0.3 is 0 Å². The molecule has 0 heterocycles. The highest BCUT2D eigenvalue weighted by molar-refractivity contribution is 9.10. The van der Waals surface area contributed by atoms with Gasteiger partial charge in [0.15, 0.2) is 0 Å². The molecule has 1 amide bonds. The number of phenolic OH excluding ortho intramolecular Hbond substituents is 1. The molecule has 118 valence electrons. The number of halogens is 1. The minimum absolute atomic E-state index is 0.0139. The topological polar surface area (TPSA) is 52.6 Å². The molecule has 2 rings (SSSR count). The quantitative estimate of drug-likeness (QED) is 0.855. The van der Waals surface area contributed by atoms with Crippen molar-refractivity contribution in [2.75, 3.05) is 13.6 Å². The lowest BCUT2D eigenvalue weighted by Gasteiger charge is -2.19. The molecule has 2 N–H and O–H groups in total. The molecule has 0 radical (unpaired) electrons. The van der Waals surface area contributed by atoms with Crippen LogP contribution in [0.4, 0.5) is 0 Å². The second-order valence-corrected chi connectivity index (χ2v) is 6.74. The summed E-state index contributed by atoms with van der Waals surface area (Å²) in [6, 6.07) is 9.68. The number of hydrogen-bond acceptors (Lipinski definition) is 3. The summed E-state index contributed by atoms with van der Waals surface area (Å²) in [5.41, 5.74) is 0.838. The number of fused-ring (bicyclic) bond motifs is 1. The predicted octanol–water partition coefficient (Wildman–Crippen LogP) is 3.26. The van der Waals surface area contributed by atoms with Gasteiger partial charge in [0.1, 0.15) is 5.75 Å². The molecule has 0 fully saturated rings. The Labute approximate surface area is 139 Å². The Kier molecular flexibility index (Phi) is 5.42. The molecular formula is C17H21BrN2O2. The van der Waals surface area contributed by atoms with Crippen molar-refractivity contribution in [3.8, 4) is 5.75 Å². The third kappa shape index (κ3) is 4.21. The van der Waals surface area contributed by atoms with Crippen molar-refractivity contribution < 1.29 is 9.90 Å². The first kappa shape index (κ1) is 16.8. The molecule has 0 aliphatic rings. The van der Waals surface area contributed by atoms with Crippen LogP contribution in [-0.4, -0.2) is 35.5 Å². The highest BCUT2D eigenvalue weighted by atomic mass is 79.9. The van der Waals surface area contributed by atoms with Gasteiger partial charge in [0.2, 0.25) is 5.91 Å². The number of carbonyl (C=O) groups is 1. The maximum absolute atomic E-state index is 11.8. The Balaban J connectivity index is 2.20. The molecule has 0 aliphatic carbocycles. The molecule has 0 saturated heterocycles. The van der Waals surface area contributed by atoms with E-state index in [2.05, 4.69) is 21.2 Å². The van der Waals surface area contributed by atoms with Gasteiger partial charge in [-0.2, -0.15) is 0 Å². The molecule has 0 aliphatic heterocycles. The third-order valence-electron chi connectivity index (χ3n) is 3.36. The van der Waals surface area contributed by atoms with E-state index < -0.39 is 0 Å². The zero-order valence-electron chi connectivity index (χ0n) is 13.1. The average molecular weight is 365 g/mol. The number of likely N-dealkylation sites (N-methyl/N-ethyl adjacent to an activating group) is 1. The van der Waals surface area contributed by atoms with E-state index in [0.717, 1.165) is 20.8 Å². The fourth-order valence-electron chi connectivity index (χ4n) is 2.46. The van der Waals surface area contributed by atoms with Crippen LogP contribution >= 0.6 is 15.9 Å². The molecule has 0 spiro atoms. The van der Waals surface area contributed by atoms with Gasteiger partial charge in [0.05, 0.1) is 6.54 Å². The van der Waals surface area contributed by atoms with Crippen LogP contribution in [0.15, 0.2) is 34.8 Å². The van der Waals surface area contributed by atoms with E-state index in [-0.39, 0.29) is 17.7 Å². The largest absolute Gasteiger partial charge is 0.508 e. The van der Waals surface area contributed by atoms with Crippen LogP contribution in [0.5, 0.6) is 5.75 Å². The van der Waals surface area contributed by atoms with Gasteiger partial charge in [0.25, 0.3) is 0 Å². The van der Waals surface area contributed by atoms with E-state index in [9.17, 15) is 9.90 Å². The summed E-state index contributed by atoms with van der Waals surface area (Å²) >= 11 is 3.46. The summed E-state index contributed by atoms with van der Waals surface area (Å²) in [5, 5.41) is 15.1. The minimum atomic E-state index is -0.0139. The monoisotopic (exact) mass is 364 g/mol. The van der Waals surface area contributed by atoms with Crippen LogP contribution in [-0.2, 0) is 11.3 Å². The Hall–Kier alpha value is -1.59. The molecule has 0 bridgehead atoms. The number of amides is 1. The van der Waals surface area contributed by atoms with Crippen molar-refractivity contribution in [2.45, 2.75) is 26.4 Å². The number of benzene rings is 2. The van der Waals surface area contributed by atoms with Crippen molar-refractivity contribution in [1.29, 1.82) is 0 Å². The molecule has 0 aromatic heterocycles. The Morgan fingerprint density at radius 3 is 2.73 bits per heavy atom. The number of nitrogens with zero attached hydrogens (tertiary/aromatic N) is 1. The van der Waals surface area contributed by atoms with Crippen molar-refractivity contribution >= 4 is 32.6 Å². The first-order valence-corrected chi connectivity index (χ1v) is 8.04. The van der Waals surface area contributed by atoms with Gasteiger partial charge < -0.3 is 10.4 Å². The standard InChI is InChI=1S/C17H21BrN2O2/c1-11(2)19-17(22)10-20(3)9-15-14-6-5-13(18)8-12(14)4-7-16(15)21/h4-8,11,21H,9-10H2,1-3H3,(H,19,22). The summed E-state index contributed by atoms with van der Waals surface area (Å²) in [6.07, 6.45) is 0. The van der Waals surface area contributed by atoms with E-state index in [1.807, 2.05) is 50.1 Å². The highest BCUT2D eigenvalue weighted by Crippen LogP contribution is 2.30. The number of carbonyl (C=O) groups excluding carboxylic acids is 1. The van der Waals surface area contributed by atoms with E-state index in [1.54, 1.807) is 6.07 Å². The summed E-state index contributed by atoms with van der Waals surface area (Å²) in [4.78, 5) is 13.7. The average Bonchev–Trinajstić information content (AvgIpc) is 2.40. The van der Waals surface area contributed by atoms with Gasteiger partial charge in [-0.1, -0.05) is 28.1 Å². The van der Waals surface area contributed by atoms with Crippen LogP contribution in [0.25, 0.3) is 10.8 Å². The number of nitrogens with one attached hydrogen (secondary N) is 1. The van der Waals surface area contributed by atoms with Crippen LogP contribution in [0.1, 0.15) is 19.4 Å². The third-order valence-corrected chi connectivity index (χ3v) is 3.85. The lowest BCUT2D eigenvalue weighted by molar-refractivity contribution is -0.122. The normalized spacial score (nSPS) is 11.4. The van der Waals surface area contributed by atoms with Crippen molar-refractivity contribution in [3.05, 3.63) is 40.4 Å². The molecule has 0 atom stereocenters. The van der Waals surface area contributed by atoms with Gasteiger partial charge in [-0.25, -0.2) is 0 Å². The fraction of sp³-hybridized carbons (Fsp3) is 0.353. The minimum Gasteiger partial charge on any atom is -0.508 e. The SMILES string of the molecule is CC(C)NC(=O)CN(C)Cc1c(O)ccc2cc(Br)ccc12. The zero-order chi connectivity index (χ0) is 16.3. The second-order valence-electron chi connectivity index (χ2n) is 5.82. The molecule has 0 saturated carbocycles. The fourth-order valence-corrected chi connectivity index (χ4v) is 2.84. The lowest BCUT2D eigenvalue weighted by atomic mass is 10.0. The Morgan fingerprint density at radius 1 is 1.32 bits per heavy atom. The summed E-state index contributed by atoms with van der Waals surface area (Å²) in [7, 11) is 1.87. The van der Waals surface area contributed by atoms with Gasteiger partial charge in [-0.3, -0.25) is 9.69 Å². The van der Waals surface area contributed by atoms with E-state index >= 15 is 0 Å². The number of hydrogen-bond donors (Lipinski definition) is 2. The van der Waals surface area contributed by atoms with Crippen LogP contribution in [0.3, 0.4) is 0 Å². The Bertz CT molecular complexity index is 686. The summed E-state index contributed by atoms with van der Waals surface area (Å²) in [5.74, 6) is 0.242. The number of phenols is 1. The van der Waals surface area contributed by atoms with Crippen molar-refractivity contribution in [1.82, 2.24) is 10.2 Å². The number of aromatic hydroxyl groups is 1. The number of rotatable bonds is 5. The summed E-state index contributed by atoms with van der Waals surface area (Å²) in [6.45, 7) is 4.68. The lowest BCUT2D eigenvalue weighted by Crippen LogP contribution is -2.38. The molecule has 2 aromatic rings. The van der Waals surface area contributed by atoms with E-state index in [0.29, 0.717) is 13.1 Å². The predicted molar refractivity (Wildman–Crippen MR) is 92.9 cm³/mol. The van der Waals surface area contributed by atoms with Crippen molar-refractivity contribution in [2.24, 2.45) is 0 Å². The second kappa shape index (κ2) is 7.11. The first-order chi connectivity index (χ1) is 10.4. The van der Waals surface area contributed by atoms with Gasteiger partial charge in [-0.15, -0.1) is 0 Å². The maximum Gasteiger partial charge on any atom is 0.234 e. The van der Waals surface area contributed by atoms with E-state index in [1.165, 1.54) is 0 Å². The van der Waals surface area contributed by atoms with Gasteiger partial charge in [0, 0.05) is 22.6 Å². The molecule has 22 heavy (non-hydrogen) atoms. The summed E-state index contributed by atoms with van der Waals surface area (Å²) < 4.78 is 1.00. The van der Waals surface area contributed by atoms with Gasteiger partial charge in [-0.05, 0) is 49.9 Å². The zero-order valence-corrected chi connectivity index (χ0v) is 14.6. The Morgan fingerprint density at radius 2 is 2.05 bits per heavy atom. The van der Waals surface area contributed by atoms with Crippen LogP contribution in [0.2, 0.25) is 0 Å². The molecule has 0 unspecified atom stereocenters. The smallest absolute Gasteiger partial charge is 0.234 e. The molecule has 4 nitrogen and oxygen atoms in total. The molecular weight excluding hydrogens is 344 g/mol. The molecule has 2 aromatic carbocycles. The van der Waals surface area contributed by atoms with Crippen molar-refractivity contribution in [3.63, 3.8) is 0 Å². The van der Waals surface area contributed by atoms with Crippen LogP contribution < -0.4 is 5.32 Å². The first-order valence-electron chi connectivity index (χ1n) is 7.25. The molecule has 5 heteroatoms. The van der Waals surface area contributed by atoms with Crippen LogP contribution in [0, 0.1) is 0 Å². The van der Waals surface area contributed by atoms with E-state index in [4.69, 9.17) is 0 Å². The maximum atomic E-state index is 11.8.